The summed E-state index contributed by atoms with van der Waals surface area (Å²) in [5, 5.41) is 7.70. The average molecular weight is 473 g/mol. The Morgan fingerprint density at radius 2 is 1.88 bits per heavy atom. The fourth-order valence-electron chi connectivity index (χ4n) is 3.94. The van der Waals surface area contributed by atoms with E-state index in [0.29, 0.717) is 16.3 Å². The average Bonchev–Trinajstić information content (AvgIpc) is 3.45. The highest BCUT2D eigenvalue weighted by Gasteiger charge is 2.29. The zero-order valence-corrected chi connectivity index (χ0v) is 19.3. The summed E-state index contributed by atoms with van der Waals surface area (Å²) in [4.78, 5) is 12.8. The van der Waals surface area contributed by atoms with Gasteiger partial charge in [0.15, 0.2) is 5.03 Å². The number of amides is 1. The van der Waals surface area contributed by atoms with Crippen LogP contribution in [0.5, 0.6) is 0 Å². The van der Waals surface area contributed by atoms with Crippen LogP contribution in [0.2, 0.25) is 5.02 Å². The molecule has 7 nitrogen and oxygen atoms in total. The second-order valence-electron chi connectivity index (χ2n) is 7.94. The molecule has 9 heteroatoms. The largest absolute Gasteiger partial charge is 0.349 e. The number of aromatic nitrogens is 2. The Balaban J connectivity index is 1.70. The minimum absolute atomic E-state index is 0.0623. The molecule has 32 heavy (non-hydrogen) atoms. The van der Waals surface area contributed by atoms with Crippen LogP contribution in [0, 0.1) is 0 Å². The maximum absolute atomic E-state index is 13.6. The normalized spacial score (nSPS) is 14.4. The molecule has 2 aromatic carbocycles. The topological polar surface area (TPSA) is 84.3 Å². The molecule has 0 unspecified atom stereocenters. The molecule has 1 heterocycles. The number of aryl methyl sites for hydroxylation is 1. The van der Waals surface area contributed by atoms with Crippen LogP contribution >= 0.6 is 11.6 Å². The van der Waals surface area contributed by atoms with Crippen LogP contribution in [0.3, 0.4) is 0 Å². The maximum Gasteiger partial charge on any atom is 0.281 e. The van der Waals surface area contributed by atoms with Gasteiger partial charge in [-0.1, -0.05) is 42.6 Å². The van der Waals surface area contributed by atoms with Gasteiger partial charge in [-0.2, -0.15) is 13.5 Å². The molecule has 1 saturated carbocycles. The van der Waals surface area contributed by atoms with Crippen molar-refractivity contribution in [2.75, 3.05) is 4.31 Å². The summed E-state index contributed by atoms with van der Waals surface area (Å²) in [6, 6.07) is 15.3. The van der Waals surface area contributed by atoms with E-state index in [1.54, 1.807) is 55.6 Å². The van der Waals surface area contributed by atoms with Gasteiger partial charge in [-0.3, -0.25) is 13.8 Å². The van der Waals surface area contributed by atoms with Gasteiger partial charge in [0.05, 0.1) is 18.4 Å². The Kier molecular flexibility index (Phi) is 6.53. The number of carbonyl (C=O) groups excluding carboxylic acids is 1. The highest BCUT2D eigenvalue weighted by molar-refractivity contribution is 7.92. The molecule has 1 amide bonds. The van der Waals surface area contributed by atoms with E-state index < -0.39 is 10.0 Å². The van der Waals surface area contributed by atoms with Gasteiger partial charge < -0.3 is 5.32 Å². The van der Waals surface area contributed by atoms with Gasteiger partial charge in [-0.15, -0.1) is 0 Å². The van der Waals surface area contributed by atoms with Crippen molar-refractivity contribution in [2.24, 2.45) is 7.05 Å². The lowest BCUT2D eigenvalue weighted by atomic mass is 10.1. The smallest absolute Gasteiger partial charge is 0.281 e. The van der Waals surface area contributed by atoms with E-state index in [2.05, 4.69) is 10.4 Å². The van der Waals surface area contributed by atoms with Crippen molar-refractivity contribution < 1.29 is 13.2 Å². The number of hydrogen-bond donors (Lipinski definition) is 1. The van der Waals surface area contributed by atoms with Crippen molar-refractivity contribution in [2.45, 2.75) is 43.3 Å². The van der Waals surface area contributed by atoms with Crippen LogP contribution in [0.25, 0.3) is 0 Å². The van der Waals surface area contributed by atoms with Crippen molar-refractivity contribution in [3.05, 3.63) is 76.9 Å². The maximum atomic E-state index is 13.6. The number of carbonyl (C=O) groups is 1. The van der Waals surface area contributed by atoms with Gasteiger partial charge in [0.25, 0.3) is 15.9 Å². The van der Waals surface area contributed by atoms with Gasteiger partial charge in [0.1, 0.15) is 0 Å². The summed E-state index contributed by atoms with van der Waals surface area (Å²) >= 11 is 5.99. The summed E-state index contributed by atoms with van der Waals surface area (Å²) < 4.78 is 29.8. The fourth-order valence-corrected chi connectivity index (χ4v) is 5.62. The Hall–Kier alpha value is -2.84. The van der Waals surface area contributed by atoms with Crippen molar-refractivity contribution in [1.82, 2.24) is 15.1 Å². The van der Waals surface area contributed by atoms with Crippen molar-refractivity contribution in [3.63, 3.8) is 0 Å². The molecule has 3 aromatic rings. The standard InChI is InChI=1S/C23H25ClN4O3S/c1-27-22(13-14-25-27)32(30,31)28(16-17-9-11-19(24)12-10-17)21-8-4-5-18(15-21)23(29)26-20-6-2-3-7-20/h4-5,8-15,20H,2-3,6-7,16H2,1H3,(H,26,29). The first-order chi connectivity index (χ1) is 15.3. The van der Waals surface area contributed by atoms with Crippen LogP contribution < -0.4 is 9.62 Å². The summed E-state index contributed by atoms with van der Waals surface area (Å²) in [6.45, 7) is 0.0817. The minimum Gasteiger partial charge on any atom is -0.349 e. The van der Waals surface area contributed by atoms with Gasteiger partial charge >= 0.3 is 0 Å². The van der Waals surface area contributed by atoms with Gasteiger partial charge in [0.2, 0.25) is 0 Å². The summed E-state index contributed by atoms with van der Waals surface area (Å²) in [6.07, 6.45) is 5.62. The number of sulfonamides is 1. The zero-order valence-electron chi connectivity index (χ0n) is 17.7. The van der Waals surface area contributed by atoms with E-state index in [1.165, 1.54) is 21.3 Å². The lowest BCUT2D eigenvalue weighted by molar-refractivity contribution is 0.0938. The van der Waals surface area contributed by atoms with Crippen molar-refractivity contribution in [1.29, 1.82) is 0 Å². The number of hydrogen-bond acceptors (Lipinski definition) is 4. The van der Waals surface area contributed by atoms with Crippen LogP contribution in [0.1, 0.15) is 41.6 Å². The second kappa shape index (κ2) is 9.34. The first-order valence-electron chi connectivity index (χ1n) is 10.5. The van der Waals surface area contributed by atoms with E-state index in [9.17, 15) is 13.2 Å². The van der Waals surface area contributed by atoms with E-state index in [4.69, 9.17) is 11.6 Å². The zero-order chi connectivity index (χ0) is 22.7. The number of anilines is 1. The predicted octanol–water partition coefficient (Wildman–Crippen LogP) is 4.14. The first-order valence-corrected chi connectivity index (χ1v) is 12.3. The monoisotopic (exact) mass is 472 g/mol. The molecule has 0 saturated heterocycles. The Morgan fingerprint density at radius 1 is 1.16 bits per heavy atom. The van der Waals surface area contributed by atoms with Crippen molar-refractivity contribution in [3.8, 4) is 0 Å². The van der Waals surface area contributed by atoms with E-state index in [1.807, 2.05) is 0 Å². The molecule has 168 valence electrons. The fraction of sp³-hybridized carbons (Fsp3) is 0.304. The number of nitrogens with one attached hydrogen (secondary N) is 1. The van der Waals surface area contributed by atoms with Gasteiger partial charge in [-0.05, 0) is 54.8 Å². The SMILES string of the molecule is Cn1nccc1S(=O)(=O)N(Cc1ccc(Cl)cc1)c1cccc(C(=O)NC2CCCC2)c1. The molecule has 0 spiro atoms. The quantitative estimate of drug-likeness (QED) is 0.560. The number of benzene rings is 2. The molecule has 0 radical (unpaired) electrons. The molecule has 1 aliphatic carbocycles. The Labute approximate surface area is 193 Å². The Bertz CT molecular complexity index is 1200. The molecule has 1 aliphatic rings. The molecule has 1 N–H and O–H groups in total. The van der Waals surface area contributed by atoms with Gasteiger partial charge in [-0.25, -0.2) is 0 Å². The van der Waals surface area contributed by atoms with Crippen LogP contribution in [-0.4, -0.2) is 30.1 Å². The number of halogens is 1. The highest BCUT2D eigenvalue weighted by atomic mass is 35.5. The van der Waals surface area contributed by atoms with Crippen LogP contribution in [0.15, 0.2) is 65.8 Å². The number of nitrogens with zero attached hydrogens (tertiary/aromatic N) is 3. The molecule has 0 aliphatic heterocycles. The molecular formula is C23H25ClN4O3S. The third-order valence-corrected chi connectivity index (χ3v) is 7.76. The third kappa shape index (κ3) is 4.81. The van der Waals surface area contributed by atoms with E-state index in [-0.39, 0.29) is 23.5 Å². The number of rotatable bonds is 7. The van der Waals surface area contributed by atoms with Crippen LogP contribution in [-0.2, 0) is 23.6 Å². The highest BCUT2D eigenvalue weighted by Crippen LogP contribution is 2.27. The first kappa shape index (κ1) is 22.4. The molecule has 0 atom stereocenters. The Morgan fingerprint density at radius 3 is 2.53 bits per heavy atom. The third-order valence-electron chi connectivity index (χ3n) is 5.66. The van der Waals surface area contributed by atoms with Crippen LogP contribution in [0.4, 0.5) is 5.69 Å². The predicted molar refractivity (Wildman–Crippen MR) is 124 cm³/mol. The molecule has 4 rings (SSSR count). The van der Waals surface area contributed by atoms with Crippen molar-refractivity contribution >= 4 is 33.2 Å². The molecule has 0 bridgehead atoms. The summed E-state index contributed by atoms with van der Waals surface area (Å²) in [5.74, 6) is -0.192. The lowest BCUT2D eigenvalue weighted by Gasteiger charge is -2.25. The van der Waals surface area contributed by atoms with Gasteiger partial charge in [0, 0.05) is 23.7 Å². The molecule has 1 fully saturated rings. The van der Waals surface area contributed by atoms with E-state index in [0.717, 1.165) is 31.2 Å². The summed E-state index contributed by atoms with van der Waals surface area (Å²) in [5.41, 5.74) is 1.59. The summed E-state index contributed by atoms with van der Waals surface area (Å²) in [7, 11) is -2.36. The lowest BCUT2D eigenvalue weighted by Crippen LogP contribution is -2.34. The van der Waals surface area contributed by atoms with E-state index >= 15 is 0 Å². The molecule has 1 aromatic heterocycles. The minimum atomic E-state index is -3.95. The molecular weight excluding hydrogens is 448 g/mol. The second-order valence-corrected chi connectivity index (χ2v) is 10.2.